The number of amides is 1. The minimum atomic E-state index is -4.13. The van der Waals surface area contributed by atoms with Gasteiger partial charge in [-0.3, -0.25) is 4.79 Å². The third kappa shape index (κ3) is 4.66. The number of benzene rings is 1. The number of rotatable bonds is 6. The van der Waals surface area contributed by atoms with Gasteiger partial charge in [0.1, 0.15) is 10.7 Å². The molecule has 0 aromatic heterocycles. The smallest absolute Gasteiger partial charge is 0.262 e. The van der Waals surface area contributed by atoms with Crippen molar-refractivity contribution in [2.24, 2.45) is 5.92 Å². The van der Waals surface area contributed by atoms with Crippen LogP contribution in [0, 0.1) is 11.7 Å². The van der Waals surface area contributed by atoms with Crippen LogP contribution in [-0.4, -0.2) is 20.9 Å². The zero-order chi connectivity index (χ0) is 15.6. The van der Waals surface area contributed by atoms with Crippen LogP contribution in [0.25, 0.3) is 0 Å². The van der Waals surface area contributed by atoms with Crippen LogP contribution in [0.4, 0.5) is 4.39 Å². The van der Waals surface area contributed by atoms with Crippen LogP contribution in [0.1, 0.15) is 36.0 Å². The lowest BCUT2D eigenvalue weighted by molar-refractivity contribution is 0.0951. The highest BCUT2D eigenvalue weighted by Gasteiger charge is 2.23. The highest BCUT2D eigenvalue weighted by Crippen LogP contribution is 2.33. The number of carbonyl (C=O) groups is 1. The fourth-order valence-corrected chi connectivity index (χ4v) is 4.27. The molecule has 1 fully saturated rings. The van der Waals surface area contributed by atoms with Gasteiger partial charge in [0.15, 0.2) is 0 Å². The van der Waals surface area contributed by atoms with E-state index in [1.165, 1.54) is 12.8 Å². The topological polar surface area (TPSA) is 63.2 Å². The standard InChI is InChI=1S/C13H14BrClFNO3S/c14-12-10(6-9(16)7-11(12)21(15,19)20)13(18)17-5-1-2-8-3-4-8/h6-8H,1-5H2,(H,17,18). The van der Waals surface area contributed by atoms with Gasteiger partial charge in [0.05, 0.1) is 10.0 Å². The summed E-state index contributed by atoms with van der Waals surface area (Å²) in [5.41, 5.74) is -0.0827. The average Bonchev–Trinajstić information content (AvgIpc) is 3.19. The van der Waals surface area contributed by atoms with E-state index in [0.717, 1.165) is 30.9 Å². The van der Waals surface area contributed by atoms with Gasteiger partial charge < -0.3 is 5.32 Å². The fourth-order valence-electron chi connectivity index (χ4n) is 2.00. The normalized spacial score (nSPS) is 15.0. The molecule has 0 heterocycles. The Kier molecular flexibility index (Phi) is 5.27. The lowest BCUT2D eigenvalue weighted by Gasteiger charge is -2.09. The highest BCUT2D eigenvalue weighted by atomic mass is 79.9. The second-order valence-corrected chi connectivity index (χ2v) is 8.37. The van der Waals surface area contributed by atoms with E-state index in [-0.39, 0.29) is 10.0 Å². The van der Waals surface area contributed by atoms with Gasteiger partial charge in [-0.1, -0.05) is 12.8 Å². The Balaban J connectivity index is 2.10. The van der Waals surface area contributed by atoms with Crippen LogP contribution in [-0.2, 0) is 9.05 Å². The molecule has 116 valence electrons. The molecule has 1 aliphatic carbocycles. The van der Waals surface area contributed by atoms with Crippen LogP contribution < -0.4 is 5.32 Å². The molecule has 0 atom stereocenters. The van der Waals surface area contributed by atoms with Gasteiger partial charge in [-0.15, -0.1) is 0 Å². The quantitative estimate of drug-likeness (QED) is 0.590. The summed E-state index contributed by atoms with van der Waals surface area (Å²) in [4.78, 5) is 11.6. The van der Waals surface area contributed by atoms with Crippen LogP contribution in [0.3, 0.4) is 0 Å². The van der Waals surface area contributed by atoms with Crippen molar-refractivity contribution in [1.29, 1.82) is 0 Å². The molecule has 21 heavy (non-hydrogen) atoms. The third-order valence-corrected chi connectivity index (χ3v) is 5.75. The van der Waals surface area contributed by atoms with E-state index in [9.17, 15) is 17.6 Å². The third-order valence-electron chi connectivity index (χ3n) is 3.28. The Morgan fingerprint density at radius 1 is 1.43 bits per heavy atom. The van der Waals surface area contributed by atoms with Gasteiger partial charge in [-0.05, 0) is 46.8 Å². The van der Waals surface area contributed by atoms with Gasteiger partial charge in [0.25, 0.3) is 15.0 Å². The largest absolute Gasteiger partial charge is 0.352 e. The minimum absolute atomic E-state index is 0.0291. The van der Waals surface area contributed by atoms with Gasteiger partial charge >= 0.3 is 0 Å². The van der Waals surface area contributed by atoms with Crippen molar-refractivity contribution < 1.29 is 17.6 Å². The monoisotopic (exact) mass is 397 g/mol. The Labute approximate surface area is 135 Å². The number of carbonyl (C=O) groups excluding carboxylic acids is 1. The molecule has 1 aromatic rings. The van der Waals surface area contributed by atoms with Crippen molar-refractivity contribution in [1.82, 2.24) is 5.32 Å². The maximum absolute atomic E-state index is 13.5. The molecule has 2 rings (SSSR count). The second kappa shape index (κ2) is 6.62. The van der Waals surface area contributed by atoms with Crippen molar-refractivity contribution in [3.63, 3.8) is 0 Å². The summed E-state index contributed by atoms with van der Waals surface area (Å²) >= 11 is 3.00. The predicted molar refractivity (Wildman–Crippen MR) is 81.4 cm³/mol. The molecule has 1 saturated carbocycles. The van der Waals surface area contributed by atoms with Crippen molar-refractivity contribution in [2.75, 3.05) is 6.54 Å². The summed E-state index contributed by atoms with van der Waals surface area (Å²) in [5.74, 6) is -0.588. The molecular weight excluding hydrogens is 385 g/mol. The SMILES string of the molecule is O=C(NCCCC1CC1)c1cc(F)cc(S(=O)(=O)Cl)c1Br. The van der Waals surface area contributed by atoms with Crippen LogP contribution in [0.15, 0.2) is 21.5 Å². The van der Waals surface area contributed by atoms with Gasteiger partial charge in [0, 0.05) is 17.2 Å². The summed E-state index contributed by atoms with van der Waals surface area (Å²) < 4.78 is 36.2. The molecule has 0 spiro atoms. The molecule has 8 heteroatoms. The molecule has 0 unspecified atom stereocenters. The van der Waals surface area contributed by atoms with Crippen LogP contribution in [0.2, 0.25) is 0 Å². The second-order valence-electron chi connectivity index (χ2n) is 5.04. The summed E-state index contributed by atoms with van der Waals surface area (Å²) in [7, 11) is 1.09. The summed E-state index contributed by atoms with van der Waals surface area (Å²) in [6.45, 7) is 0.473. The predicted octanol–water partition coefficient (Wildman–Crippen LogP) is 3.44. The van der Waals surface area contributed by atoms with Crippen molar-refractivity contribution >= 4 is 41.6 Å². The lowest BCUT2D eigenvalue weighted by atomic mass is 10.2. The molecule has 0 radical (unpaired) electrons. The Hall–Kier alpha value is -0.660. The molecule has 0 saturated heterocycles. The Morgan fingerprint density at radius 3 is 2.67 bits per heavy atom. The maximum atomic E-state index is 13.5. The summed E-state index contributed by atoms with van der Waals surface area (Å²) in [6.07, 6.45) is 4.41. The first-order valence-electron chi connectivity index (χ1n) is 6.51. The van der Waals surface area contributed by atoms with E-state index in [1.807, 2.05) is 0 Å². The number of hydrogen-bond donors (Lipinski definition) is 1. The molecule has 1 aliphatic rings. The maximum Gasteiger partial charge on any atom is 0.262 e. The number of halogens is 3. The number of nitrogens with one attached hydrogen (secondary N) is 1. The minimum Gasteiger partial charge on any atom is -0.352 e. The first-order chi connectivity index (χ1) is 9.79. The fraction of sp³-hybridized carbons (Fsp3) is 0.462. The van der Waals surface area contributed by atoms with E-state index in [1.54, 1.807) is 0 Å². The zero-order valence-electron chi connectivity index (χ0n) is 11.0. The van der Waals surface area contributed by atoms with Gasteiger partial charge in [0.2, 0.25) is 0 Å². The molecule has 0 bridgehead atoms. The average molecular weight is 399 g/mol. The first-order valence-corrected chi connectivity index (χ1v) is 9.61. The molecule has 1 amide bonds. The molecule has 1 N–H and O–H groups in total. The van der Waals surface area contributed by atoms with E-state index >= 15 is 0 Å². The lowest BCUT2D eigenvalue weighted by Crippen LogP contribution is -2.25. The van der Waals surface area contributed by atoms with E-state index in [4.69, 9.17) is 10.7 Å². The van der Waals surface area contributed by atoms with Crippen molar-refractivity contribution in [3.05, 3.63) is 28.0 Å². The van der Waals surface area contributed by atoms with E-state index in [0.29, 0.717) is 6.54 Å². The Bertz CT molecular complexity index is 662. The van der Waals surface area contributed by atoms with Crippen molar-refractivity contribution in [3.8, 4) is 0 Å². The summed E-state index contributed by atoms with van der Waals surface area (Å²) in [5, 5.41) is 2.66. The highest BCUT2D eigenvalue weighted by molar-refractivity contribution is 9.10. The van der Waals surface area contributed by atoms with Gasteiger partial charge in [-0.2, -0.15) is 0 Å². The number of hydrogen-bond acceptors (Lipinski definition) is 3. The van der Waals surface area contributed by atoms with Crippen LogP contribution in [0.5, 0.6) is 0 Å². The van der Waals surface area contributed by atoms with Crippen molar-refractivity contribution in [2.45, 2.75) is 30.6 Å². The van der Waals surface area contributed by atoms with E-state index in [2.05, 4.69) is 21.2 Å². The Morgan fingerprint density at radius 2 is 2.10 bits per heavy atom. The zero-order valence-corrected chi connectivity index (χ0v) is 14.2. The molecule has 4 nitrogen and oxygen atoms in total. The van der Waals surface area contributed by atoms with Crippen LogP contribution >= 0.6 is 26.6 Å². The first kappa shape index (κ1) is 16.7. The molecular formula is C13H14BrClFNO3S. The van der Waals surface area contributed by atoms with Gasteiger partial charge in [-0.25, -0.2) is 12.8 Å². The molecule has 0 aliphatic heterocycles. The molecule has 1 aromatic carbocycles. The van der Waals surface area contributed by atoms with E-state index < -0.39 is 25.7 Å². The summed E-state index contributed by atoms with van der Waals surface area (Å²) in [6, 6.07) is 1.75.